The molecule has 2 N–H and O–H groups in total. The van der Waals surface area contributed by atoms with Gasteiger partial charge in [0.1, 0.15) is 22.5 Å². The van der Waals surface area contributed by atoms with E-state index in [4.69, 9.17) is 10.2 Å². The molecule has 0 radical (unpaired) electrons. The molecule has 0 aromatic carbocycles. The van der Waals surface area contributed by atoms with Gasteiger partial charge in [-0.1, -0.05) is 6.07 Å². The van der Waals surface area contributed by atoms with Crippen molar-refractivity contribution < 1.29 is 4.42 Å². The van der Waals surface area contributed by atoms with E-state index in [0.717, 1.165) is 33.1 Å². The minimum atomic E-state index is 0.503. The zero-order valence-electron chi connectivity index (χ0n) is 11.7. The van der Waals surface area contributed by atoms with Crippen LogP contribution in [0, 0.1) is 25.2 Å². The average molecular weight is 295 g/mol. The second-order valence-electron chi connectivity index (χ2n) is 4.73. The molecule has 0 aliphatic carbocycles. The lowest BCUT2D eigenvalue weighted by Gasteiger charge is -2.04. The first-order chi connectivity index (χ1) is 10.1. The van der Waals surface area contributed by atoms with Gasteiger partial charge in [0.15, 0.2) is 0 Å². The molecule has 3 aromatic rings. The van der Waals surface area contributed by atoms with Crippen molar-refractivity contribution in [3.05, 3.63) is 47.0 Å². The number of nitrogen functional groups attached to an aromatic ring is 1. The highest BCUT2D eigenvalue weighted by molar-refractivity contribution is 7.17. The van der Waals surface area contributed by atoms with Crippen molar-refractivity contribution in [3.63, 3.8) is 0 Å². The highest BCUT2D eigenvalue weighted by atomic mass is 32.1. The molecular formula is C16H13N3OS. The Hall–Kier alpha value is -2.58. The van der Waals surface area contributed by atoms with Crippen molar-refractivity contribution in [2.45, 2.75) is 13.8 Å². The summed E-state index contributed by atoms with van der Waals surface area (Å²) >= 11 is 1.39. The van der Waals surface area contributed by atoms with Gasteiger partial charge >= 0.3 is 0 Å². The molecule has 4 nitrogen and oxygen atoms in total. The van der Waals surface area contributed by atoms with Crippen LogP contribution in [-0.4, -0.2) is 4.98 Å². The maximum atomic E-state index is 9.27. The Morgan fingerprint density at radius 3 is 2.76 bits per heavy atom. The molecule has 0 spiro atoms. The zero-order valence-corrected chi connectivity index (χ0v) is 12.5. The van der Waals surface area contributed by atoms with Crippen LogP contribution >= 0.6 is 11.3 Å². The van der Waals surface area contributed by atoms with Crippen LogP contribution < -0.4 is 5.73 Å². The van der Waals surface area contributed by atoms with Crippen LogP contribution in [0.3, 0.4) is 0 Å². The molecule has 0 bridgehead atoms. The van der Waals surface area contributed by atoms with Crippen molar-refractivity contribution in [2.24, 2.45) is 0 Å². The van der Waals surface area contributed by atoms with E-state index in [2.05, 4.69) is 11.1 Å². The summed E-state index contributed by atoms with van der Waals surface area (Å²) < 4.78 is 5.61. The van der Waals surface area contributed by atoms with E-state index < -0.39 is 0 Å². The van der Waals surface area contributed by atoms with Crippen LogP contribution in [0.25, 0.3) is 21.6 Å². The lowest BCUT2D eigenvalue weighted by atomic mass is 10.0. The van der Waals surface area contributed by atoms with Gasteiger partial charge in [0.25, 0.3) is 0 Å². The van der Waals surface area contributed by atoms with Crippen molar-refractivity contribution in [1.29, 1.82) is 5.26 Å². The van der Waals surface area contributed by atoms with E-state index in [0.29, 0.717) is 10.6 Å². The molecule has 0 atom stereocenters. The van der Waals surface area contributed by atoms with Gasteiger partial charge in [-0.15, -0.1) is 11.3 Å². The highest BCUT2D eigenvalue weighted by Crippen LogP contribution is 2.46. The number of rotatable bonds is 2. The number of nitrogens with two attached hydrogens (primary N) is 1. The minimum Gasteiger partial charge on any atom is -0.466 e. The largest absolute Gasteiger partial charge is 0.466 e. The van der Waals surface area contributed by atoms with E-state index in [1.165, 1.54) is 11.3 Å². The predicted molar refractivity (Wildman–Crippen MR) is 83.9 cm³/mol. The third-order valence-corrected chi connectivity index (χ3v) is 4.43. The lowest BCUT2D eigenvalue weighted by Crippen LogP contribution is -1.90. The van der Waals surface area contributed by atoms with E-state index in [1.54, 1.807) is 12.4 Å². The van der Waals surface area contributed by atoms with Gasteiger partial charge < -0.3 is 10.2 Å². The SMILES string of the molecule is Cc1cc(-c2sc(C#N)c(N)c2-c2cccnc2)c(C)o1. The summed E-state index contributed by atoms with van der Waals surface area (Å²) in [5.74, 6) is 1.66. The van der Waals surface area contributed by atoms with E-state index in [1.807, 2.05) is 32.0 Å². The number of hydrogen-bond donors (Lipinski definition) is 1. The smallest absolute Gasteiger partial charge is 0.129 e. The third-order valence-electron chi connectivity index (χ3n) is 3.28. The van der Waals surface area contributed by atoms with E-state index >= 15 is 0 Å². The normalized spacial score (nSPS) is 10.5. The highest BCUT2D eigenvalue weighted by Gasteiger charge is 2.21. The van der Waals surface area contributed by atoms with Crippen LogP contribution in [0.5, 0.6) is 0 Å². The Morgan fingerprint density at radius 1 is 1.38 bits per heavy atom. The molecule has 3 rings (SSSR count). The van der Waals surface area contributed by atoms with E-state index in [9.17, 15) is 5.26 Å². The number of anilines is 1. The number of hydrogen-bond acceptors (Lipinski definition) is 5. The van der Waals surface area contributed by atoms with Crippen molar-refractivity contribution >= 4 is 17.0 Å². The molecule has 5 heteroatoms. The molecule has 104 valence electrons. The Bertz CT molecular complexity index is 841. The fourth-order valence-electron chi connectivity index (χ4n) is 2.37. The van der Waals surface area contributed by atoms with Gasteiger partial charge in [-0.05, 0) is 26.0 Å². The molecular weight excluding hydrogens is 282 g/mol. The molecule has 0 aliphatic heterocycles. The second kappa shape index (κ2) is 5.08. The standard InChI is InChI=1S/C16H13N3OS/c1-9-6-12(10(2)20-9)16-14(11-4-3-5-19-8-11)15(18)13(7-17)21-16/h3-6,8H,18H2,1-2H3. The van der Waals surface area contributed by atoms with Crippen molar-refractivity contribution in [1.82, 2.24) is 4.98 Å². The fraction of sp³-hybridized carbons (Fsp3) is 0.125. The second-order valence-corrected chi connectivity index (χ2v) is 5.75. The molecule has 0 aliphatic rings. The zero-order chi connectivity index (χ0) is 15.0. The van der Waals surface area contributed by atoms with Gasteiger partial charge in [0, 0.05) is 34.0 Å². The Morgan fingerprint density at radius 2 is 2.19 bits per heavy atom. The summed E-state index contributed by atoms with van der Waals surface area (Å²) in [6.07, 6.45) is 3.47. The number of nitrogens with zero attached hydrogens (tertiary/aromatic N) is 2. The Kier molecular flexibility index (Phi) is 3.24. The summed E-state index contributed by atoms with van der Waals surface area (Å²) in [6, 6.07) is 7.94. The molecule has 3 aromatic heterocycles. The summed E-state index contributed by atoms with van der Waals surface area (Å²) in [4.78, 5) is 5.61. The van der Waals surface area contributed by atoms with Crippen LogP contribution in [0.2, 0.25) is 0 Å². The van der Waals surface area contributed by atoms with Crippen LogP contribution in [0.4, 0.5) is 5.69 Å². The van der Waals surface area contributed by atoms with Crippen LogP contribution in [0.1, 0.15) is 16.4 Å². The molecule has 3 heterocycles. The molecule has 0 saturated carbocycles. The topological polar surface area (TPSA) is 75.8 Å². The number of thiophene rings is 1. The van der Waals surface area contributed by atoms with Crippen molar-refractivity contribution in [3.8, 4) is 27.6 Å². The van der Waals surface area contributed by atoms with E-state index in [-0.39, 0.29) is 0 Å². The minimum absolute atomic E-state index is 0.503. The molecule has 0 saturated heterocycles. The monoisotopic (exact) mass is 295 g/mol. The van der Waals surface area contributed by atoms with Crippen molar-refractivity contribution in [2.75, 3.05) is 5.73 Å². The quantitative estimate of drug-likeness (QED) is 0.770. The van der Waals surface area contributed by atoms with Gasteiger partial charge in [-0.3, -0.25) is 4.98 Å². The number of furan rings is 1. The predicted octanol–water partition coefficient (Wildman–Crippen LogP) is 4.14. The summed E-state index contributed by atoms with van der Waals surface area (Å²) in [7, 11) is 0. The number of aryl methyl sites for hydroxylation is 2. The number of pyridine rings is 1. The van der Waals surface area contributed by atoms with Gasteiger partial charge in [0.2, 0.25) is 0 Å². The average Bonchev–Trinajstić information content (AvgIpc) is 2.99. The summed E-state index contributed by atoms with van der Waals surface area (Å²) in [5.41, 5.74) is 9.41. The molecule has 0 fully saturated rings. The maximum Gasteiger partial charge on any atom is 0.129 e. The first-order valence-electron chi connectivity index (χ1n) is 6.42. The summed E-state index contributed by atoms with van der Waals surface area (Å²) in [6.45, 7) is 3.82. The fourth-order valence-corrected chi connectivity index (χ4v) is 3.47. The van der Waals surface area contributed by atoms with Gasteiger partial charge in [-0.2, -0.15) is 5.26 Å². The lowest BCUT2D eigenvalue weighted by molar-refractivity contribution is 0.505. The summed E-state index contributed by atoms with van der Waals surface area (Å²) in [5, 5.41) is 9.27. The van der Waals surface area contributed by atoms with Gasteiger partial charge in [-0.25, -0.2) is 0 Å². The van der Waals surface area contributed by atoms with Crippen LogP contribution in [0.15, 0.2) is 35.0 Å². The van der Waals surface area contributed by atoms with Crippen LogP contribution in [-0.2, 0) is 0 Å². The molecule has 21 heavy (non-hydrogen) atoms. The Labute approximate surface area is 126 Å². The first-order valence-corrected chi connectivity index (χ1v) is 7.23. The number of nitriles is 1. The first kappa shape index (κ1) is 13.4. The Balaban J connectivity index is 2.31. The third kappa shape index (κ3) is 2.20. The van der Waals surface area contributed by atoms with Gasteiger partial charge in [0.05, 0.1) is 5.69 Å². The number of aromatic nitrogens is 1. The molecule has 0 amide bonds. The molecule has 0 unspecified atom stereocenters. The maximum absolute atomic E-state index is 9.27.